The Labute approximate surface area is 128 Å². The van der Waals surface area contributed by atoms with Gasteiger partial charge in [-0.15, -0.1) is 0 Å². The second-order valence-electron chi connectivity index (χ2n) is 5.91. The van der Waals surface area contributed by atoms with Crippen molar-refractivity contribution in [1.29, 1.82) is 0 Å². The number of benzene rings is 1. The van der Waals surface area contributed by atoms with E-state index in [0.29, 0.717) is 18.5 Å². The average Bonchev–Trinajstić information content (AvgIpc) is 3.04. The van der Waals surface area contributed by atoms with Crippen LogP contribution in [0.4, 0.5) is 4.79 Å². The van der Waals surface area contributed by atoms with Gasteiger partial charge in [-0.05, 0) is 30.5 Å². The van der Waals surface area contributed by atoms with Gasteiger partial charge in [0.15, 0.2) is 0 Å². The van der Waals surface area contributed by atoms with Gasteiger partial charge in [0, 0.05) is 12.1 Å². The summed E-state index contributed by atoms with van der Waals surface area (Å²) < 4.78 is 0. The summed E-state index contributed by atoms with van der Waals surface area (Å²) in [5.41, 5.74) is 0.871. The lowest BCUT2D eigenvalue weighted by Crippen LogP contribution is -2.49. The Hall–Kier alpha value is -2.37. The van der Waals surface area contributed by atoms with Crippen LogP contribution in [0.2, 0.25) is 0 Å². The summed E-state index contributed by atoms with van der Waals surface area (Å²) in [6, 6.07) is 7.10. The molecule has 0 unspecified atom stereocenters. The second-order valence-corrected chi connectivity index (χ2v) is 5.91. The second kappa shape index (κ2) is 5.44. The van der Waals surface area contributed by atoms with Crippen LogP contribution in [0, 0.1) is 0 Å². The van der Waals surface area contributed by atoms with Crippen molar-refractivity contribution in [2.75, 3.05) is 13.1 Å². The Kier molecular flexibility index (Phi) is 3.60. The molecule has 2 saturated heterocycles. The monoisotopic (exact) mass is 301 g/mol. The Bertz CT molecular complexity index is 626. The van der Waals surface area contributed by atoms with Crippen LogP contribution in [0.1, 0.15) is 35.7 Å². The van der Waals surface area contributed by atoms with Gasteiger partial charge < -0.3 is 10.2 Å². The van der Waals surface area contributed by atoms with Crippen LogP contribution >= 0.6 is 0 Å². The first-order valence-electron chi connectivity index (χ1n) is 7.56. The minimum atomic E-state index is -0.950. The van der Waals surface area contributed by atoms with Gasteiger partial charge in [-0.3, -0.25) is 14.9 Å². The summed E-state index contributed by atoms with van der Waals surface area (Å²) in [5.74, 6) is -0.444. The quantitative estimate of drug-likeness (QED) is 0.820. The van der Waals surface area contributed by atoms with Gasteiger partial charge in [0.1, 0.15) is 5.54 Å². The fourth-order valence-electron chi connectivity index (χ4n) is 3.08. The SMILES string of the molecule is CCCc1ccc(C(=O)N2CC[C@@]3(C2)NC(=O)NC3=O)cc1. The van der Waals surface area contributed by atoms with Crippen molar-refractivity contribution in [2.24, 2.45) is 0 Å². The number of nitrogens with one attached hydrogen (secondary N) is 2. The molecule has 2 heterocycles. The van der Waals surface area contributed by atoms with Crippen LogP contribution in [0.5, 0.6) is 0 Å². The molecule has 1 aromatic carbocycles. The van der Waals surface area contributed by atoms with Crippen LogP contribution in [0.25, 0.3) is 0 Å². The molecule has 0 aromatic heterocycles. The Morgan fingerprint density at radius 3 is 2.59 bits per heavy atom. The summed E-state index contributed by atoms with van der Waals surface area (Å²) >= 11 is 0. The third kappa shape index (κ3) is 2.45. The minimum Gasteiger partial charge on any atom is -0.336 e. The highest BCUT2D eigenvalue weighted by Gasteiger charge is 2.51. The Balaban J connectivity index is 1.71. The van der Waals surface area contributed by atoms with E-state index in [2.05, 4.69) is 17.6 Å². The molecule has 0 saturated carbocycles. The van der Waals surface area contributed by atoms with Gasteiger partial charge in [-0.1, -0.05) is 25.5 Å². The van der Waals surface area contributed by atoms with Crippen LogP contribution < -0.4 is 10.6 Å². The van der Waals surface area contributed by atoms with E-state index in [1.807, 2.05) is 24.3 Å². The molecule has 0 radical (unpaired) electrons. The molecule has 2 fully saturated rings. The number of urea groups is 1. The van der Waals surface area contributed by atoms with Crippen molar-refractivity contribution >= 4 is 17.8 Å². The molecule has 3 rings (SSSR count). The van der Waals surface area contributed by atoms with Gasteiger partial charge in [0.25, 0.3) is 11.8 Å². The molecule has 6 nitrogen and oxygen atoms in total. The van der Waals surface area contributed by atoms with Crippen LogP contribution in [0.3, 0.4) is 0 Å². The highest BCUT2D eigenvalue weighted by Crippen LogP contribution is 2.26. The molecule has 2 aliphatic rings. The molecule has 4 amide bonds. The van der Waals surface area contributed by atoms with Gasteiger partial charge in [0.05, 0.1) is 6.54 Å². The first-order valence-corrected chi connectivity index (χ1v) is 7.56. The molecule has 6 heteroatoms. The van der Waals surface area contributed by atoms with E-state index in [1.165, 1.54) is 5.56 Å². The van der Waals surface area contributed by atoms with E-state index in [1.54, 1.807) is 4.90 Å². The summed E-state index contributed by atoms with van der Waals surface area (Å²) in [5, 5.41) is 4.89. The smallest absolute Gasteiger partial charge is 0.322 e. The molecule has 1 aromatic rings. The van der Waals surface area contributed by atoms with Gasteiger partial charge in [0.2, 0.25) is 0 Å². The van der Waals surface area contributed by atoms with Crippen molar-refractivity contribution in [3.8, 4) is 0 Å². The molecular weight excluding hydrogens is 282 g/mol. The minimum absolute atomic E-state index is 0.103. The lowest BCUT2D eigenvalue weighted by atomic mass is 9.99. The standard InChI is InChI=1S/C16H19N3O3/c1-2-3-11-4-6-12(7-5-11)13(20)19-9-8-16(10-19)14(21)17-15(22)18-16/h4-7H,2-3,8-10H2,1H3,(H2,17,18,21,22)/t16-/m0/s1. The topological polar surface area (TPSA) is 78.5 Å². The summed E-state index contributed by atoms with van der Waals surface area (Å²) in [4.78, 5) is 37.4. The number of aryl methyl sites for hydroxylation is 1. The van der Waals surface area contributed by atoms with E-state index in [0.717, 1.165) is 12.8 Å². The number of nitrogens with zero attached hydrogens (tertiary/aromatic N) is 1. The zero-order chi connectivity index (χ0) is 15.7. The molecular formula is C16H19N3O3. The van der Waals surface area contributed by atoms with Crippen molar-refractivity contribution in [3.05, 3.63) is 35.4 Å². The zero-order valence-corrected chi connectivity index (χ0v) is 12.5. The van der Waals surface area contributed by atoms with E-state index >= 15 is 0 Å². The van der Waals surface area contributed by atoms with E-state index < -0.39 is 11.6 Å². The number of rotatable bonds is 3. The Morgan fingerprint density at radius 1 is 1.27 bits per heavy atom. The Morgan fingerprint density at radius 2 is 2.00 bits per heavy atom. The first kappa shape index (κ1) is 14.6. The predicted octanol–water partition coefficient (Wildman–Crippen LogP) is 1.06. The molecule has 22 heavy (non-hydrogen) atoms. The third-order valence-corrected chi connectivity index (χ3v) is 4.31. The van der Waals surface area contributed by atoms with Gasteiger partial charge >= 0.3 is 6.03 Å². The maximum atomic E-state index is 12.5. The summed E-state index contributed by atoms with van der Waals surface area (Å²) in [7, 11) is 0. The highest BCUT2D eigenvalue weighted by molar-refractivity contribution is 6.08. The number of hydrogen-bond donors (Lipinski definition) is 2. The molecule has 1 spiro atoms. The molecule has 1 atom stereocenters. The maximum absolute atomic E-state index is 12.5. The van der Waals surface area contributed by atoms with E-state index in [-0.39, 0.29) is 18.4 Å². The summed E-state index contributed by atoms with van der Waals surface area (Å²) in [6.45, 7) is 2.80. The number of hydrogen-bond acceptors (Lipinski definition) is 3. The number of carbonyl (C=O) groups excluding carboxylic acids is 3. The van der Waals surface area contributed by atoms with E-state index in [4.69, 9.17) is 0 Å². The molecule has 0 aliphatic carbocycles. The normalized spacial score (nSPS) is 23.8. The van der Waals surface area contributed by atoms with Crippen molar-refractivity contribution in [1.82, 2.24) is 15.5 Å². The largest absolute Gasteiger partial charge is 0.336 e. The van der Waals surface area contributed by atoms with Crippen molar-refractivity contribution in [2.45, 2.75) is 31.7 Å². The van der Waals surface area contributed by atoms with Crippen molar-refractivity contribution in [3.63, 3.8) is 0 Å². The third-order valence-electron chi connectivity index (χ3n) is 4.31. The average molecular weight is 301 g/mol. The predicted molar refractivity (Wildman–Crippen MR) is 80.4 cm³/mol. The molecule has 0 bridgehead atoms. The summed E-state index contributed by atoms with van der Waals surface area (Å²) in [6.07, 6.45) is 2.51. The van der Waals surface area contributed by atoms with Crippen LogP contribution in [-0.2, 0) is 11.2 Å². The van der Waals surface area contributed by atoms with E-state index in [9.17, 15) is 14.4 Å². The van der Waals surface area contributed by atoms with Gasteiger partial charge in [-0.2, -0.15) is 0 Å². The molecule has 2 N–H and O–H groups in total. The fourth-order valence-corrected chi connectivity index (χ4v) is 3.08. The first-order chi connectivity index (χ1) is 10.5. The number of imide groups is 1. The van der Waals surface area contributed by atoms with Crippen LogP contribution in [-0.4, -0.2) is 41.4 Å². The number of amides is 4. The zero-order valence-electron chi connectivity index (χ0n) is 12.5. The van der Waals surface area contributed by atoms with Crippen LogP contribution in [0.15, 0.2) is 24.3 Å². The highest BCUT2D eigenvalue weighted by atomic mass is 16.2. The van der Waals surface area contributed by atoms with Crippen molar-refractivity contribution < 1.29 is 14.4 Å². The fraction of sp³-hybridized carbons (Fsp3) is 0.438. The maximum Gasteiger partial charge on any atom is 0.322 e. The molecule has 2 aliphatic heterocycles. The molecule has 116 valence electrons. The lowest BCUT2D eigenvalue weighted by Gasteiger charge is -2.21. The lowest BCUT2D eigenvalue weighted by molar-refractivity contribution is -0.123. The van der Waals surface area contributed by atoms with Gasteiger partial charge in [-0.25, -0.2) is 4.79 Å². The number of likely N-dealkylation sites (tertiary alicyclic amines) is 1. The number of carbonyl (C=O) groups is 3.